The van der Waals surface area contributed by atoms with Crippen molar-refractivity contribution in [1.29, 1.82) is 0 Å². The molecular weight excluding hydrogens is 248 g/mol. The Labute approximate surface area is 112 Å². The highest BCUT2D eigenvalue weighted by atomic mass is 32.1. The molecule has 1 unspecified atom stereocenters. The molecule has 18 heavy (non-hydrogen) atoms. The van der Waals surface area contributed by atoms with Gasteiger partial charge >= 0.3 is 0 Å². The van der Waals surface area contributed by atoms with E-state index >= 15 is 0 Å². The molecule has 0 aromatic carbocycles. The van der Waals surface area contributed by atoms with Gasteiger partial charge in [-0.25, -0.2) is 0 Å². The highest BCUT2D eigenvalue weighted by molar-refractivity contribution is 7.12. The molecule has 1 aliphatic rings. The van der Waals surface area contributed by atoms with Gasteiger partial charge in [0.05, 0.1) is 18.7 Å². The SMILES string of the molecule is COC(C)(C)CN1C(=O)CNC1c1ccc(C)s1. The molecule has 0 saturated carbocycles. The third-order valence-electron chi connectivity index (χ3n) is 3.21. The zero-order chi connectivity index (χ0) is 13.3. The van der Waals surface area contributed by atoms with Gasteiger partial charge in [0.1, 0.15) is 6.17 Å². The van der Waals surface area contributed by atoms with Crippen molar-refractivity contribution in [3.8, 4) is 0 Å². The van der Waals surface area contributed by atoms with Gasteiger partial charge in [-0.1, -0.05) is 0 Å². The van der Waals surface area contributed by atoms with Gasteiger partial charge < -0.3 is 9.64 Å². The van der Waals surface area contributed by atoms with Gasteiger partial charge in [0.2, 0.25) is 5.91 Å². The number of amides is 1. The molecule has 1 fully saturated rings. The van der Waals surface area contributed by atoms with Crippen LogP contribution >= 0.6 is 11.3 Å². The summed E-state index contributed by atoms with van der Waals surface area (Å²) in [7, 11) is 1.68. The quantitative estimate of drug-likeness (QED) is 0.907. The number of rotatable bonds is 4. The summed E-state index contributed by atoms with van der Waals surface area (Å²) in [5.74, 6) is 0.135. The lowest BCUT2D eigenvalue weighted by Gasteiger charge is -2.32. The number of hydrogen-bond acceptors (Lipinski definition) is 4. The topological polar surface area (TPSA) is 41.6 Å². The van der Waals surface area contributed by atoms with E-state index in [0.717, 1.165) is 0 Å². The van der Waals surface area contributed by atoms with Crippen molar-refractivity contribution in [3.05, 3.63) is 21.9 Å². The van der Waals surface area contributed by atoms with Crippen LogP contribution < -0.4 is 5.32 Å². The fraction of sp³-hybridized carbons (Fsp3) is 0.615. The van der Waals surface area contributed by atoms with Crippen LogP contribution in [0.1, 0.15) is 29.8 Å². The Bertz CT molecular complexity index is 442. The minimum absolute atomic E-state index is 0.00868. The lowest BCUT2D eigenvalue weighted by atomic mass is 10.1. The van der Waals surface area contributed by atoms with Crippen LogP contribution in [0.25, 0.3) is 0 Å². The van der Waals surface area contributed by atoms with Crippen LogP contribution in [-0.2, 0) is 9.53 Å². The van der Waals surface area contributed by atoms with E-state index in [1.807, 2.05) is 18.7 Å². The van der Waals surface area contributed by atoms with Gasteiger partial charge in [-0.15, -0.1) is 11.3 Å². The predicted octanol–water partition coefficient (Wildman–Crippen LogP) is 1.91. The molecule has 1 aliphatic heterocycles. The Morgan fingerprint density at radius 3 is 2.83 bits per heavy atom. The molecule has 1 saturated heterocycles. The fourth-order valence-corrected chi connectivity index (χ4v) is 3.01. The number of nitrogens with zero attached hydrogens (tertiary/aromatic N) is 1. The fourth-order valence-electron chi connectivity index (χ4n) is 2.05. The van der Waals surface area contributed by atoms with Gasteiger partial charge in [0.15, 0.2) is 0 Å². The number of aryl methyl sites for hydroxylation is 1. The molecule has 1 N–H and O–H groups in total. The summed E-state index contributed by atoms with van der Waals surface area (Å²) >= 11 is 1.73. The molecule has 0 bridgehead atoms. The summed E-state index contributed by atoms with van der Waals surface area (Å²) in [6, 6.07) is 4.17. The van der Waals surface area contributed by atoms with Crippen LogP contribution in [0.3, 0.4) is 0 Å². The number of thiophene rings is 1. The third kappa shape index (κ3) is 2.74. The molecule has 100 valence electrons. The van der Waals surface area contributed by atoms with E-state index in [1.54, 1.807) is 18.4 Å². The molecule has 5 heteroatoms. The first-order valence-electron chi connectivity index (χ1n) is 6.07. The number of carbonyl (C=O) groups is 1. The van der Waals surface area contributed by atoms with Crippen molar-refractivity contribution < 1.29 is 9.53 Å². The zero-order valence-electron chi connectivity index (χ0n) is 11.3. The predicted molar refractivity (Wildman–Crippen MR) is 72.6 cm³/mol. The monoisotopic (exact) mass is 268 g/mol. The Balaban J connectivity index is 2.18. The summed E-state index contributed by atoms with van der Waals surface area (Å²) in [5.41, 5.74) is -0.327. The Morgan fingerprint density at radius 1 is 1.56 bits per heavy atom. The second-order valence-electron chi connectivity index (χ2n) is 5.22. The smallest absolute Gasteiger partial charge is 0.238 e. The van der Waals surface area contributed by atoms with E-state index in [1.165, 1.54) is 9.75 Å². The Kier molecular flexibility index (Phi) is 3.75. The second-order valence-corrected chi connectivity index (χ2v) is 6.54. The van der Waals surface area contributed by atoms with E-state index in [0.29, 0.717) is 13.1 Å². The molecule has 1 aromatic heterocycles. The Hall–Kier alpha value is -0.910. The minimum atomic E-state index is -0.327. The Morgan fingerprint density at radius 2 is 2.28 bits per heavy atom. The highest BCUT2D eigenvalue weighted by Gasteiger charge is 2.36. The summed E-state index contributed by atoms with van der Waals surface area (Å²) in [6.07, 6.45) is -0.00868. The normalized spacial score (nSPS) is 20.8. The lowest BCUT2D eigenvalue weighted by Crippen LogP contribution is -2.42. The molecule has 0 aliphatic carbocycles. The molecule has 0 radical (unpaired) electrons. The molecule has 1 atom stereocenters. The number of methoxy groups -OCH3 is 1. The summed E-state index contributed by atoms with van der Waals surface area (Å²) in [4.78, 5) is 16.3. The van der Waals surface area contributed by atoms with Crippen molar-refractivity contribution in [2.75, 3.05) is 20.2 Å². The maximum atomic E-state index is 12.0. The average molecular weight is 268 g/mol. The maximum Gasteiger partial charge on any atom is 0.238 e. The van der Waals surface area contributed by atoms with E-state index < -0.39 is 0 Å². The third-order valence-corrected chi connectivity index (χ3v) is 4.27. The van der Waals surface area contributed by atoms with Crippen LogP contribution in [0.4, 0.5) is 0 Å². The second kappa shape index (κ2) is 4.99. The van der Waals surface area contributed by atoms with Crippen molar-refractivity contribution in [2.45, 2.75) is 32.5 Å². The van der Waals surface area contributed by atoms with Gasteiger partial charge in [-0.05, 0) is 32.9 Å². The molecule has 1 amide bonds. The van der Waals surface area contributed by atoms with Gasteiger partial charge in [-0.2, -0.15) is 0 Å². The minimum Gasteiger partial charge on any atom is -0.377 e. The number of nitrogens with one attached hydrogen (secondary N) is 1. The summed E-state index contributed by atoms with van der Waals surface area (Å²) < 4.78 is 5.42. The zero-order valence-corrected chi connectivity index (χ0v) is 12.1. The number of carbonyl (C=O) groups excluding carboxylic acids is 1. The first-order chi connectivity index (χ1) is 8.43. The lowest BCUT2D eigenvalue weighted by molar-refractivity contribution is -0.131. The van der Waals surface area contributed by atoms with Crippen LogP contribution in [0, 0.1) is 6.92 Å². The summed E-state index contributed by atoms with van der Waals surface area (Å²) in [5, 5.41) is 3.26. The van der Waals surface area contributed by atoms with Crippen molar-refractivity contribution in [2.24, 2.45) is 0 Å². The van der Waals surface area contributed by atoms with Crippen LogP contribution in [0.5, 0.6) is 0 Å². The molecule has 4 nitrogen and oxygen atoms in total. The maximum absolute atomic E-state index is 12.0. The van der Waals surface area contributed by atoms with E-state index in [9.17, 15) is 4.79 Å². The van der Waals surface area contributed by atoms with Crippen LogP contribution in [0.15, 0.2) is 12.1 Å². The van der Waals surface area contributed by atoms with Crippen molar-refractivity contribution in [1.82, 2.24) is 10.2 Å². The standard InChI is InChI=1S/C13H20N2O2S/c1-9-5-6-10(18-9)12-14-7-11(16)15(12)8-13(2,3)17-4/h5-6,12,14H,7-8H2,1-4H3. The molecule has 2 heterocycles. The van der Waals surface area contributed by atoms with Crippen LogP contribution in [-0.4, -0.2) is 36.6 Å². The first-order valence-corrected chi connectivity index (χ1v) is 6.89. The van der Waals surface area contributed by atoms with E-state index in [2.05, 4.69) is 24.4 Å². The average Bonchev–Trinajstić information content (AvgIpc) is 2.87. The van der Waals surface area contributed by atoms with Crippen molar-refractivity contribution in [3.63, 3.8) is 0 Å². The summed E-state index contributed by atoms with van der Waals surface area (Å²) in [6.45, 7) is 7.07. The molecular formula is C13H20N2O2S. The van der Waals surface area contributed by atoms with Gasteiger partial charge in [-0.3, -0.25) is 10.1 Å². The number of hydrogen-bond donors (Lipinski definition) is 1. The van der Waals surface area contributed by atoms with Gasteiger partial charge in [0.25, 0.3) is 0 Å². The first kappa shape index (κ1) is 13.5. The van der Waals surface area contributed by atoms with E-state index in [4.69, 9.17) is 4.74 Å². The number of ether oxygens (including phenoxy) is 1. The highest BCUT2D eigenvalue weighted by Crippen LogP contribution is 2.30. The van der Waals surface area contributed by atoms with Crippen LogP contribution in [0.2, 0.25) is 0 Å². The molecule has 1 aromatic rings. The van der Waals surface area contributed by atoms with Gasteiger partial charge in [0, 0.05) is 16.9 Å². The van der Waals surface area contributed by atoms with E-state index in [-0.39, 0.29) is 17.7 Å². The van der Waals surface area contributed by atoms with Crippen molar-refractivity contribution >= 4 is 17.2 Å². The molecule has 0 spiro atoms. The molecule has 2 rings (SSSR count). The largest absolute Gasteiger partial charge is 0.377 e.